The van der Waals surface area contributed by atoms with Crippen LogP contribution < -0.4 is 9.80 Å². The molecule has 4 heteroatoms. The SMILES string of the molecule is C=C/C=C(\C=C)c1ccc(CN2C=C(C(C)=O)C(=C)c3cc(F)c(N4CCC(C=C)C4)c(C=C)c32)cc1. The highest BCUT2D eigenvalue weighted by Crippen LogP contribution is 2.46. The molecule has 0 radical (unpaired) electrons. The van der Waals surface area contributed by atoms with Gasteiger partial charge in [-0.25, -0.2) is 4.39 Å². The zero-order valence-electron chi connectivity index (χ0n) is 21.5. The fourth-order valence-corrected chi connectivity index (χ4v) is 5.17. The van der Waals surface area contributed by atoms with Crippen LogP contribution in [0, 0.1) is 11.7 Å². The lowest BCUT2D eigenvalue weighted by Crippen LogP contribution is -2.27. The van der Waals surface area contributed by atoms with Gasteiger partial charge >= 0.3 is 0 Å². The molecule has 188 valence electrons. The van der Waals surface area contributed by atoms with Gasteiger partial charge in [-0.1, -0.05) is 81.0 Å². The van der Waals surface area contributed by atoms with Crippen LogP contribution >= 0.6 is 0 Å². The molecule has 3 nitrogen and oxygen atoms in total. The smallest absolute Gasteiger partial charge is 0.161 e. The minimum Gasteiger partial charge on any atom is -0.368 e. The number of nitrogens with zero attached hydrogens (tertiary/aromatic N) is 2. The minimum absolute atomic E-state index is 0.112. The molecule has 1 unspecified atom stereocenters. The van der Waals surface area contributed by atoms with Gasteiger partial charge in [0.15, 0.2) is 5.78 Å². The summed E-state index contributed by atoms with van der Waals surface area (Å²) >= 11 is 0. The predicted molar refractivity (Wildman–Crippen MR) is 156 cm³/mol. The highest BCUT2D eigenvalue weighted by Gasteiger charge is 2.32. The van der Waals surface area contributed by atoms with Crippen molar-refractivity contribution >= 4 is 34.4 Å². The van der Waals surface area contributed by atoms with Crippen LogP contribution in [-0.4, -0.2) is 18.9 Å². The fraction of sp³-hybridized carbons (Fsp3) is 0.182. The monoisotopic (exact) mass is 492 g/mol. The van der Waals surface area contributed by atoms with Crippen LogP contribution in [0.3, 0.4) is 0 Å². The summed E-state index contributed by atoms with van der Waals surface area (Å²) < 4.78 is 15.7. The summed E-state index contributed by atoms with van der Waals surface area (Å²) in [5, 5.41) is 0. The first-order chi connectivity index (χ1) is 17.8. The van der Waals surface area contributed by atoms with Crippen molar-refractivity contribution in [1.29, 1.82) is 0 Å². The van der Waals surface area contributed by atoms with Crippen LogP contribution in [0.2, 0.25) is 0 Å². The summed E-state index contributed by atoms with van der Waals surface area (Å²) in [4.78, 5) is 16.6. The number of hydrogen-bond donors (Lipinski definition) is 0. The molecule has 0 aromatic heterocycles. The molecule has 0 spiro atoms. The molecule has 37 heavy (non-hydrogen) atoms. The summed E-state index contributed by atoms with van der Waals surface area (Å²) in [5.41, 5.74) is 6.73. The lowest BCUT2D eigenvalue weighted by Gasteiger charge is -2.34. The van der Waals surface area contributed by atoms with Crippen molar-refractivity contribution in [1.82, 2.24) is 0 Å². The molecule has 2 aromatic carbocycles. The number of hydrogen-bond acceptors (Lipinski definition) is 3. The first-order valence-electron chi connectivity index (χ1n) is 12.4. The average molecular weight is 493 g/mol. The number of rotatable bonds is 9. The number of halogens is 1. The Labute approximate surface area is 219 Å². The molecule has 0 saturated carbocycles. The first-order valence-corrected chi connectivity index (χ1v) is 12.4. The summed E-state index contributed by atoms with van der Waals surface area (Å²) in [6.45, 7) is 23.2. The number of allylic oxidation sites excluding steroid dienone is 6. The molecule has 0 amide bonds. The van der Waals surface area contributed by atoms with E-state index in [1.54, 1.807) is 18.2 Å². The van der Waals surface area contributed by atoms with E-state index in [0.717, 1.165) is 35.4 Å². The molecule has 4 rings (SSSR count). The summed E-state index contributed by atoms with van der Waals surface area (Å²) in [6.07, 6.45) is 11.9. The van der Waals surface area contributed by atoms with Crippen LogP contribution in [0.25, 0.3) is 17.2 Å². The van der Waals surface area contributed by atoms with E-state index in [1.165, 1.54) is 13.0 Å². The van der Waals surface area contributed by atoms with Gasteiger partial charge in [0.2, 0.25) is 0 Å². The molecule has 2 heterocycles. The molecule has 0 aliphatic carbocycles. The van der Waals surface area contributed by atoms with Crippen molar-refractivity contribution in [2.75, 3.05) is 22.9 Å². The zero-order chi connectivity index (χ0) is 26.7. The second-order valence-corrected chi connectivity index (χ2v) is 9.42. The Morgan fingerprint density at radius 1 is 1.14 bits per heavy atom. The van der Waals surface area contributed by atoms with E-state index in [0.29, 0.717) is 47.0 Å². The van der Waals surface area contributed by atoms with Gasteiger partial charge in [-0.05, 0) is 47.6 Å². The van der Waals surface area contributed by atoms with Gasteiger partial charge in [0.25, 0.3) is 0 Å². The molecule has 0 N–H and O–H groups in total. The van der Waals surface area contributed by atoms with E-state index < -0.39 is 0 Å². The fourth-order valence-electron chi connectivity index (χ4n) is 5.17. The second-order valence-electron chi connectivity index (χ2n) is 9.42. The Kier molecular flexibility index (Phi) is 7.58. The van der Waals surface area contributed by atoms with Crippen molar-refractivity contribution in [2.24, 2.45) is 5.92 Å². The maximum atomic E-state index is 15.7. The van der Waals surface area contributed by atoms with E-state index in [4.69, 9.17) is 0 Å². The molecular formula is C33H33FN2O. The lowest BCUT2D eigenvalue weighted by atomic mass is 9.89. The number of anilines is 2. The van der Waals surface area contributed by atoms with Crippen LogP contribution in [0.5, 0.6) is 0 Å². The zero-order valence-corrected chi connectivity index (χ0v) is 21.5. The number of Topliss-reactive ketones (excluding diaryl/α,β-unsaturated/α-hetero) is 1. The third kappa shape index (κ3) is 4.92. The highest BCUT2D eigenvalue weighted by molar-refractivity contribution is 6.12. The third-order valence-corrected chi connectivity index (χ3v) is 7.10. The van der Waals surface area contributed by atoms with Crippen molar-refractivity contribution < 1.29 is 9.18 Å². The van der Waals surface area contributed by atoms with Gasteiger partial charge < -0.3 is 9.80 Å². The Hall–Kier alpha value is -4.18. The number of carbonyl (C=O) groups is 1. The Morgan fingerprint density at radius 3 is 2.43 bits per heavy atom. The van der Waals surface area contributed by atoms with Gasteiger partial charge in [0.1, 0.15) is 5.82 Å². The van der Waals surface area contributed by atoms with Gasteiger partial charge in [-0.15, -0.1) is 6.58 Å². The largest absolute Gasteiger partial charge is 0.368 e. The van der Waals surface area contributed by atoms with E-state index in [1.807, 2.05) is 47.5 Å². The van der Waals surface area contributed by atoms with Crippen molar-refractivity contribution in [2.45, 2.75) is 19.9 Å². The Balaban J connectivity index is 1.81. The minimum atomic E-state index is -0.334. The van der Waals surface area contributed by atoms with Crippen molar-refractivity contribution in [3.8, 4) is 0 Å². The number of carbonyl (C=O) groups excluding carboxylic acids is 1. The molecular weight excluding hydrogens is 459 g/mol. The van der Waals surface area contributed by atoms with Crippen LogP contribution in [-0.2, 0) is 11.3 Å². The van der Waals surface area contributed by atoms with E-state index in [-0.39, 0.29) is 11.6 Å². The van der Waals surface area contributed by atoms with Crippen LogP contribution in [0.4, 0.5) is 15.8 Å². The topological polar surface area (TPSA) is 23.6 Å². The van der Waals surface area contributed by atoms with Crippen LogP contribution in [0.15, 0.2) is 99.3 Å². The molecule has 2 aromatic rings. The van der Waals surface area contributed by atoms with E-state index in [2.05, 4.69) is 37.8 Å². The molecule has 0 bridgehead atoms. The maximum absolute atomic E-state index is 15.7. The normalized spacial score (nSPS) is 17.2. The number of fused-ring (bicyclic) bond motifs is 1. The molecule has 1 fully saturated rings. The molecule has 1 saturated heterocycles. The van der Waals surface area contributed by atoms with Gasteiger partial charge in [0, 0.05) is 42.5 Å². The molecule has 2 aliphatic rings. The number of benzene rings is 2. The summed E-state index contributed by atoms with van der Waals surface area (Å²) in [7, 11) is 0. The standard InChI is InChI=1S/C33H33FN2O/c1-7-11-26(9-3)27-14-12-25(13-15-27)20-36-21-30(23(6)37)22(5)29-18-31(34)33(28(10-4)32(29)36)35-17-16-24(8-2)19-35/h7-15,18,21,24H,1-5,16-17,19-20H2,6H3/b26-11+. The third-order valence-electron chi connectivity index (χ3n) is 7.10. The average Bonchev–Trinajstić information content (AvgIpc) is 3.37. The number of ketones is 1. The quantitative estimate of drug-likeness (QED) is 0.264. The Bertz CT molecular complexity index is 1360. The second kappa shape index (κ2) is 10.8. The van der Waals surface area contributed by atoms with Crippen LogP contribution in [0.1, 0.15) is 35.6 Å². The van der Waals surface area contributed by atoms with E-state index >= 15 is 4.39 Å². The van der Waals surface area contributed by atoms with Gasteiger partial charge in [-0.3, -0.25) is 4.79 Å². The van der Waals surface area contributed by atoms with Crippen molar-refractivity contribution in [3.05, 3.63) is 127 Å². The first kappa shape index (κ1) is 25.9. The molecule has 2 aliphatic heterocycles. The summed E-state index contributed by atoms with van der Waals surface area (Å²) in [5.74, 6) is -0.128. The summed E-state index contributed by atoms with van der Waals surface area (Å²) in [6, 6.07) is 9.69. The Morgan fingerprint density at radius 2 is 1.86 bits per heavy atom. The highest BCUT2D eigenvalue weighted by atomic mass is 19.1. The van der Waals surface area contributed by atoms with E-state index in [9.17, 15) is 4.79 Å². The van der Waals surface area contributed by atoms with Crippen molar-refractivity contribution in [3.63, 3.8) is 0 Å². The molecule has 1 atom stereocenters. The lowest BCUT2D eigenvalue weighted by molar-refractivity contribution is -0.113. The predicted octanol–water partition coefficient (Wildman–Crippen LogP) is 7.74. The van der Waals surface area contributed by atoms with Gasteiger partial charge in [-0.2, -0.15) is 0 Å². The maximum Gasteiger partial charge on any atom is 0.161 e. The van der Waals surface area contributed by atoms with Gasteiger partial charge in [0.05, 0.1) is 11.4 Å².